The van der Waals surface area contributed by atoms with E-state index in [0.717, 1.165) is 51.4 Å². The van der Waals surface area contributed by atoms with Gasteiger partial charge in [-0.1, -0.05) is 12.8 Å². The van der Waals surface area contributed by atoms with E-state index in [0.29, 0.717) is 24.2 Å². The zero-order valence-corrected chi connectivity index (χ0v) is 14.4. The Morgan fingerprint density at radius 3 is 2.79 bits per heavy atom. The molecular formula is C17H27N5O2. The molecule has 1 saturated carbocycles. The van der Waals surface area contributed by atoms with E-state index in [1.807, 2.05) is 6.92 Å². The van der Waals surface area contributed by atoms with Crippen molar-refractivity contribution in [3.05, 3.63) is 17.5 Å². The van der Waals surface area contributed by atoms with Crippen molar-refractivity contribution in [3.8, 4) is 0 Å². The van der Waals surface area contributed by atoms with Gasteiger partial charge in [0.2, 0.25) is 5.95 Å². The third-order valence-electron chi connectivity index (χ3n) is 4.59. The average Bonchev–Trinajstić information content (AvgIpc) is 3.08. The van der Waals surface area contributed by atoms with Gasteiger partial charge in [0, 0.05) is 37.9 Å². The Morgan fingerprint density at radius 2 is 2.04 bits per heavy atom. The molecule has 0 aromatic carbocycles. The molecule has 1 aliphatic carbocycles. The first-order valence-corrected chi connectivity index (χ1v) is 8.91. The molecule has 7 nitrogen and oxygen atoms in total. The topological polar surface area (TPSA) is 79.4 Å². The molecule has 0 unspecified atom stereocenters. The molecule has 7 heteroatoms. The van der Waals surface area contributed by atoms with Gasteiger partial charge < -0.3 is 15.4 Å². The minimum atomic E-state index is -0.136. The predicted octanol–water partition coefficient (Wildman–Crippen LogP) is 1.20. The molecule has 2 N–H and O–H groups in total. The summed E-state index contributed by atoms with van der Waals surface area (Å²) in [5.74, 6) is 0.434. The number of morpholine rings is 1. The molecule has 1 aromatic heterocycles. The molecule has 3 rings (SSSR count). The van der Waals surface area contributed by atoms with Gasteiger partial charge >= 0.3 is 0 Å². The van der Waals surface area contributed by atoms with E-state index in [1.165, 1.54) is 12.8 Å². The molecule has 0 atom stereocenters. The summed E-state index contributed by atoms with van der Waals surface area (Å²) in [6.07, 6.45) is 4.80. The predicted molar refractivity (Wildman–Crippen MR) is 92.2 cm³/mol. The van der Waals surface area contributed by atoms with Crippen molar-refractivity contribution in [2.24, 2.45) is 0 Å². The summed E-state index contributed by atoms with van der Waals surface area (Å²) in [4.78, 5) is 23.5. The maximum atomic E-state index is 12.4. The number of rotatable bonds is 6. The minimum absolute atomic E-state index is 0.136. The zero-order valence-electron chi connectivity index (χ0n) is 14.4. The van der Waals surface area contributed by atoms with Crippen molar-refractivity contribution in [2.75, 3.05) is 44.7 Å². The Labute approximate surface area is 143 Å². The number of carbonyl (C=O) groups is 1. The van der Waals surface area contributed by atoms with Gasteiger partial charge in [0.1, 0.15) is 5.69 Å². The summed E-state index contributed by atoms with van der Waals surface area (Å²) in [7, 11) is 0. The normalized spacial score (nSPS) is 19.4. The molecule has 2 fully saturated rings. The Kier molecular flexibility index (Phi) is 5.98. The quantitative estimate of drug-likeness (QED) is 0.814. The first-order valence-electron chi connectivity index (χ1n) is 8.91. The molecule has 1 amide bonds. The van der Waals surface area contributed by atoms with Crippen molar-refractivity contribution in [1.29, 1.82) is 0 Å². The Bertz CT molecular complexity index is 554. The first-order chi connectivity index (χ1) is 11.7. The summed E-state index contributed by atoms with van der Waals surface area (Å²) >= 11 is 0. The fourth-order valence-corrected chi connectivity index (χ4v) is 3.25. The SMILES string of the molecule is Cc1cc(C(=O)NCCN2CCOCC2)nc(NC2CCCC2)n1. The number of anilines is 1. The average molecular weight is 333 g/mol. The van der Waals surface area contributed by atoms with E-state index < -0.39 is 0 Å². The third-order valence-corrected chi connectivity index (χ3v) is 4.59. The van der Waals surface area contributed by atoms with Crippen LogP contribution in [0.5, 0.6) is 0 Å². The number of amides is 1. The van der Waals surface area contributed by atoms with Gasteiger partial charge in [-0.3, -0.25) is 9.69 Å². The lowest BCUT2D eigenvalue weighted by atomic mass is 10.2. The number of carbonyl (C=O) groups excluding carboxylic acids is 1. The smallest absolute Gasteiger partial charge is 0.270 e. The monoisotopic (exact) mass is 333 g/mol. The Morgan fingerprint density at radius 1 is 1.29 bits per heavy atom. The molecule has 1 aromatic rings. The summed E-state index contributed by atoms with van der Waals surface area (Å²) < 4.78 is 5.32. The van der Waals surface area contributed by atoms with Gasteiger partial charge in [-0.05, 0) is 25.8 Å². The lowest BCUT2D eigenvalue weighted by Crippen LogP contribution is -2.41. The van der Waals surface area contributed by atoms with E-state index in [1.54, 1.807) is 6.07 Å². The molecule has 1 saturated heterocycles. The van der Waals surface area contributed by atoms with Crippen LogP contribution >= 0.6 is 0 Å². The van der Waals surface area contributed by atoms with Crippen LogP contribution in [0.3, 0.4) is 0 Å². The zero-order chi connectivity index (χ0) is 16.8. The standard InChI is InChI=1S/C17H27N5O2/c1-13-12-15(21-17(19-13)20-14-4-2-3-5-14)16(23)18-6-7-22-8-10-24-11-9-22/h12,14H,2-11H2,1H3,(H,18,23)(H,19,20,21). The van der Waals surface area contributed by atoms with Crippen molar-refractivity contribution >= 4 is 11.9 Å². The highest BCUT2D eigenvalue weighted by atomic mass is 16.5. The molecule has 0 spiro atoms. The highest BCUT2D eigenvalue weighted by Crippen LogP contribution is 2.20. The summed E-state index contributed by atoms with van der Waals surface area (Å²) in [5.41, 5.74) is 1.24. The van der Waals surface area contributed by atoms with Crippen LogP contribution in [0.4, 0.5) is 5.95 Å². The maximum absolute atomic E-state index is 12.4. The van der Waals surface area contributed by atoms with Crippen LogP contribution in [0.2, 0.25) is 0 Å². The van der Waals surface area contributed by atoms with Crippen LogP contribution in [0, 0.1) is 6.92 Å². The van der Waals surface area contributed by atoms with Gasteiger partial charge in [0.25, 0.3) is 5.91 Å². The van der Waals surface area contributed by atoms with Crippen LogP contribution in [0.1, 0.15) is 41.9 Å². The van der Waals surface area contributed by atoms with Gasteiger partial charge in [-0.25, -0.2) is 9.97 Å². The van der Waals surface area contributed by atoms with Gasteiger partial charge in [-0.15, -0.1) is 0 Å². The Balaban J connectivity index is 1.52. The summed E-state index contributed by atoms with van der Waals surface area (Å²) in [6.45, 7) is 6.76. The molecule has 1 aliphatic heterocycles. The number of aromatic nitrogens is 2. The number of nitrogens with zero attached hydrogens (tertiary/aromatic N) is 3. The van der Waals surface area contributed by atoms with Crippen LogP contribution in [-0.2, 0) is 4.74 Å². The lowest BCUT2D eigenvalue weighted by molar-refractivity contribution is 0.0383. The van der Waals surface area contributed by atoms with Crippen molar-refractivity contribution < 1.29 is 9.53 Å². The van der Waals surface area contributed by atoms with E-state index in [2.05, 4.69) is 25.5 Å². The highest BCUT2D eigenvalue weighted by molar-refractivity contribution is 5.92. The third kappa shape index (κ3) is 4.88. The second-order valence-electron chi connectivity index (χ2n) is 6.55. The number of nitrogens with one attached hydrogen (secondary N) is 2. The molecule has 0 bridgehead atoms. The van der Waals surface area contributed by atoms with Crippen LogP contribution in [0.25, 0.3) is 0 Å². The fourth-order valence-electron chi connectivity index (χ4n) is 3.25. The molecule has 132 valence electrons. The van der Waals surface area contributed by atoms with E-state index >= 15 is 0 Å². The van der Waals surface area contributed by atoms with Gasteiger partial charge in [-0.2, -0.15) is 0 Å². The second kappa shape index (κ2) is 8.39. The molecule has 0 radical (unpaired) electrons. The lowest BCUT2D eigenvalue weighted by Gasteiger charge is -2.26. The highest BCUT2D eigenvalue weighted by Gasteiger charge is 2.17. The largest absolute Gasteiger partial charge is 0.379 e. The number of ether oxygens (including phenoxy) is 1. The van der Waals surface area contributed by atoms with Crippen molar-refractivity contribution in [2.45, 2.75) is 38.6 Å². The Hall–Kier alpha value is -1.73. The second-order valence-corrected chi connectivity index (χ2v) is 6.55. The number of hydrogen-bond donors (Lipinski definition) is 2. The fraction of sp³-hybridized carbons (Fsp3) is 0.706. The molecule has 2 aliphatic rings. The van der Waals surface area contributed by atoms with Gasteiger partial charge in [0.05, 0.1) is 13.2 Å². The van der Waals surface area contributed by atoms with E-state index in [-0.39, 0.29) is 5.91 Å². The number of hydrogen-bond acceptors (Lipinski definition) is 6. The summed E-state index contributed by atoms with van der Waals surface area (Å²) in [6, 6.07) is 2.17. The van der Waals surface area contributed by atoms with Gasteiger partial charge in [0.15, 0.2) is 0 Å². The minimum Gasteiger partial charge on any atom is -0.379 e. The van der Waals surface area contributed by atoms with Crippen LogP contribution in [-0.4, -0.2) is 66.2 Å². The molecule has 2 heterocycles. The van der Waals surface area contributed by atoms with Crippen LogP contribution in [0.15, 0.2) is 6.07 Å². The first kappa shape index (κ1) is 17.1. The van der Waals surface area contributed by atoms with Crippen molar-refractivity contribution in [3.63, 3.8) is 0 Å². The molecule has 24 heavy (non-hydrogen) atoms. The van der Waals surface area contributed by atoms with E-state index in [9.17, 15) is 4.79 Å². The van der Waals surface area contributed by atoms with E-state index in [4.69, 9.17) is 4.74 Å². The number of aryl methyl sites for hydroxylation is 1. The maximum Gasteiger partial charge on any atom is 0.270 e. The van der Waals surface area contributed by atoms with Crippen molar-refractivity contribution in [1.82, 2.24) is 20.2 Å². The molecular weight excluding hydrogens is 306 g/mol. The van der Waals surface area contributed by atoms with Crippen LogP contribution < -0.4 is 10.6 Å². The summed E-state index contributed by atoms with van der Waals surface area (Å²) in [5, 5.41) is 6.32.